The third-order valence-corrected chi connectivity index (χ3v) is 3.65. The monoisotopic (exact) mass is 268 g/mol. The van der Waals surface area contributed by atoms with Gasteiger partial charge < -0.3 is 15.5 Å². The first kappa shape index (κ1) is 15.8. The maximum atomic E-state index is 12.4. The molecule has 19 heavy (non-hydrogen) atoms. The van der Waals surface area contributed by atoms with Gasteiger partial charge in [-0.1, -0.05) is 12.8 Å². The fraction of sp³-hybridized carbons (Fsp3) is 0.857. The fourth-order valence-corrected chi connectivity index (χ4v) is 2.71. The Morgan fingerprint density at radius 1 is 1.16 bits per heavy atom. The smallest absolute Gasteiger partial charge is 0.230 e. The molecule has 1 saturated carbocycles. The highest BCUT2D eigenvalue weighted by Gasteiger charge is 2.41. The number of nitrogens with zero attached hydrogens (tertiary/aromatic N) is 2. The summed E-state index contributed by atoms with van der Waals surface area (Å²) in [5, 5.41) is 6.41. The van der Waals surface area contributed by atoms with Gasteiger partial charge in [0.05, 0.1) is 12.0 Å². The number of nitrogens with one attached hydrogen (secondary N) is 2. The molecular weight excluding hydrogens is 240 g/mol. The van der Waals surface area contributed by atoms with Crippen molar-refractivity contribution in [3.63, 3.8) is 0 Å². The van der Waals surface area contributed by atoms with E-state index in [2.05, 4.69) is 15.6 Å². The molecule has 1 aliphatic rings. The van der Waals surface area contributed by atoms with Crippen molar-refractivity contribution in [3.8, 4) is 0 Å². The standard InChI is InChI=1S/C14H28N4O/c1-5-15-13(16-6-2)17-11-14(9-7-8-10-14)12(19)18(3)4/h5-11H2,1-4H3,(H2,15,16,17). The zero-order valence-corrected chi connectivity index (χ0v) is 12.8. The van der Waals surface area contributed by atoms with E-state index in [4.69, 9.17) is 0 Å². The van der Waals surface area contributed by atoms with Gasteiger partial charge in [0.2, 0.25) is 5.91 Å². The molecule has 0 spiro atoms. The lowest BCUT2D eigenvalue weighted by molar-refractivity contribution is -0.138. The van der Waals surface area contributed by atoms with Crippen molar-refractivity contribution in [1.29, 1.82) is 0 Å². The maximum absolute atomic E-state index is 12.4. The highest BCUT2D eigenvalue weighted by Crippen LogP contribution is 2.39. The number of carbonyl (C=O) groups excluding carboxylic acids is 1. The van der Waals surface area contributed by atoms with Crippen molar-refractivity contribution in [3.05, 3.63) is 0 Å². The van der Waals surface area contributed by atoms with Crippen molar-refractivity contribution in [2.24, 2.45) is 10.4 Å². The number of amides is 1. The van der Waals surface area contributed by atoms with Crippen LogP contribution in [0.4, 0.5) is 0 Å². The minimum absolute atomic E-state index is 0.223. The average Bonchev–Trinajstić information content (AvgIpc) is 2.85. The van der Waals surface area contributed by atoms with E-state index in [1.165, 1.54) is 0 Å². The molecule has 0 unspecified atom stereocenters. The van der Waals surface area contributed by atoms with Crippen molar-refractivity contribution in [2.75, 3.05) is 33.7 Å². The predicted molar refractivity (Wildman–Crippen MR) is 79.3 cm³/mol. The summed E-state index contributed by atoms with van der Waals surface area (Å²) in [6.45, 7) is 6.34. The lowest BCUT2D eigenvalue weighted by Crippen LogP contribution is -2.43. The van der Waals surface area contributed by atoms with Crippen LogP contribution >= 0.6 is 0 Å². The number of guanidine groups is 1. The number of hydrogen-bond acceptors (Lipinski definition) is 2. The van der Waals surface area contributed by atoms with E-state index in [0.717, 1.165) is 44.7 Å². The van der Waals surface area contributed by atoms with Crippen LogP contribution in [0.15, 0.2) is 4.99 Å². The Morgan fingerprint density at radius 2 is 1.68 bits per heavy atom. The van der Waals surface area contributed by atoms with Gasteiger partial charge in [-0.2, -0.15) is 0 Å². The molecule has 0 atom stereocenters. The normalized spacial score (nSPS) is 16.8. The Bertz CT molecular complexity index is 311. The lowest BCUT2D eigenvalue weighted by atomic mass is 9.85. The summed E-state index contributed by atoms with van der Waals surface area (Å²) in [5.41, 5.74) is -0.278. The van der Waals surface area contributed by atoms with Crippen LogP contribution in [0, 0.1) is 5.41 Å². The van der Waals surface area contributed by atoms with Gasteiger partial charge in [-0.25, -0.2) is 0 Å². The number of hydrogen-bond donors (Lipinski definition) is 2. The minimum Gasteiger partial charge on any atom is -0.357 e. The van der Waals surface area contributed by atoms with E-state index in [-0.39, 0.29) is 11.3 Å². The van der Waals surface area contributed by atoms with Crippen molar-refractivity contribution in [2.45, 2.75) is 39.5 Å². The van der Waals surface area contributed by atoms with Crippen molar-refractivity contribution in [1.82, 2.24) is 15.5 Å². The van der Waals surface area contributed by atoms with Gasteiger partial charge in [0.25, 0.3) is 0 Å². The van der Waals surface area contributed by atoms with E-state index >= 15 is 0 Å². The Labute approximate surface area is 116 Å². The SMILES string of the molecule is CCNC(=NCC1(C(=O)N(C)C)CCCC1)NCC. The molecule has 5 nitrogen and oxygen atoms in total. The van der Waals surface area contributed by atoms with Crippen LogP contribution in [0.1, 0.15) is 39.5 Å². The van der Waals surface area contributed by atoms with E-state index in [1.807, 2.05) is 27.9 Å². The van der Waals surface area contributed by atoms with Gasteiger partial charge in [-0.05, 0) is 26.7 Å². The summed E-state index contributed by atoms with van der Waals surface area (Å²) in [6, 6.07) is 0. The van der Waals surface area contributed by atoms with E-state index in [1.54, 1.807) is 4.90 Å². The first-order valence-electron chi connectivity index (χ1n) is 7.29. The number of carbonyl (C=O) groups is 1. The van der Waals surface area contributed by atoms with Crippen LogP contribution in [0.3, 0.4) is 0 Å². The second-order valence-electron chi connectivity index (χ2n) is 5.41. The van der Waals surface area contributed by atoms with Gasteiger partial charge in [0, 0.05) is 27.2 Å². The summed E-state index contributed by atoms with van der Waals surface area (Å²) < 4.78 is 0. The summed E-state index contributed by atoms with van der Waals surface area (Å²) in [7, 11) is 3.67. The summed E-state index contributed by atoms with van der Waals surface area (Å²) in [4.78, 5) is 18.7. The zero-order valence-electron chi connectivity index (χ0n) is 12.8. The van der Waals surface area contributed by atoms with Crippen molar-refractivity contribution < 1.29 is 4.79 Å². The first-order chi connectivity index (χ1) is 9.05. The number of rotatable bonds is 5. The van der Waals surface area contributed by atoms with Crippen LogP contribution in [0.2, 0.25) is 0 Å². The van der Waals surface area contributed by atoms with E-state index in [0.29, 0.717) is 6.54 Å². The van der Waals surface area contributed by atoms with Gasteiger partial charge in [0.15, 0.2) is 5.96 Å². The molecule has 0 radical (unpaired) electrons. The quantitative estimate of drug-likeness (QED) is 0.582. The van der Waals surface area contributed by atoms with Gasteiger partial charge in [-0.15, -0.1) is 0 Å². The van der Waals surface area contributed by atoms with Crippen LogP contribution in [0.25, 0.3) is 0 Å². The molecule has 1 rings (SSSR count). The molecule has 1 aliphatic carbocycles. The highest BCUT2D eigenvalue weighted by atomic mass is 16.2. The molecule has 2 N–H and O–H groups in total. The lowest BCUT2D eigenvalue weighted by Gasteiger charge is -2.29. The second kappa shape index (κ2) is 7.36. The molecule has 5 heteroatoms. The maximum Gasteiger partial charge on any atom is 0.230 e. The molecular formula is C14H28N4O. The van der Waals surface area contributed by atoms with Gasteiger partial charge in [0.1, 0.15) is 0 Å². The van der Waals surface area contributed by atoms with E-state index < -0.39 is 0 Å². The molecule has 0 bridgehead atoms. The topological polar surface area (TPSA) is 56.7 Å². The zero-order chi connectivity index (χ0) is 14.3. The third kappa shape index (κ3) is 4.11. The first-order valence-corrected chi connectivity index (χ1v) is 7.29. The molecule has 0 aromatic rings. The average molecular weight is 268 g/mol. The van der Waals surface area contributed by atoms with Gasteiger partial charge >= 0.3 is 0 Å². The van der Waals surface area contributed by atoms with Crippen LogP contribution < -0.4 is 10.6 Å². The third-order valence-electron chi connectivity index (χ3n) is 3.65. The largest absolute Gasteiger partial charge is 0.357 e. The minimum atomic E-state index is -0.278. The van der Waals surface area contributed by atoms with Crippen LogP contribution in [0.5, 0.6) is 0 Å². The molecule has 0 heterocycles. The van der Waals surface area contributed by atoms with Crippen molar-refractivity contribution >= 4 is 11.9 Å². The molecule has 110 valence electrons. The Hall–Kier alpha value is -1.26. The summed E-state index contributed by atoms with van der Waals surface area (Å²) >= 11 is 0. The predicted octanol–water partition coefficient (Wildman–Crippen LogP) is 1.21. The molecule has 0 aliphatic heterocycles. The molecule has 0 aromatic carbocycles. The molecule has 0 saturated heterocycles. The Balaban J connectivity index is 2.78. The highest BCUT2D eigenvalue weighted by molar-refractivity contribution is 5.84. The second-order valence-corrected chi connectivity index (χ2v) is 5.41. The van der Waals surface area contributed by atoms with Crippen LogP contribution in [-0.4, -0.2) is 50.5 Å². The molecule has 0 aromatic heterocycles. The summed E-state index contributed by atoms with van der Waals surface area (Å²) in [6.07, 6.45) is 4.18. The Morgan fingerprint density at radius 3 is 2.11 bits per heavy atom. The molecule has 1 fully saturated rings. The van der Waals surface area contributed by atoms with Crippen LogP contribution in [-0.2, 0) is 4.79 Å². The molecule has 1 amide bonds. The number of aliphatic imine (C=N–C) groups is 1. The Kier molecular flexibility index (Phi) is 6.12. The van der Waals surface area contributed by atoms with Gasteiger partial charge in [-0.3, -0.25) is 9.79 Å². The van der Waals surface area contributed by atoms with E-state index in [9.17, 15) is 4.79 Å². The summed E-state index contributed by atoms with van der Waals surface area (Å²) in [5.74, 6) is 1.03. The fourth-order valence-electron chi connectivity index (χ4n) is 2.71.